The standard InChI is InChI=1S/C22H19N5O4/c28-19-8-11-27(22(30)25-19)17-6-2-1-5-15(17)21(29)26-10-7-18-16(13-26)24-20(31-18)14-4-3-9-23-12-14/h1-6,9,12H,7-8,10-11,13H2,(H,25,28,30). The van der Waals surface area contributed by atoms with E-state index in [1.165, 1.54) is 4.90 Å². The number of hydrogen-bond acceptors (Lipinski definition) is 6. The molecule has 1 fully saturated rings. The molecule has 156 valence electrons. The van der Waals surface area contributed by atoms with Gasteiger partial charge in [0.25, 0.3) is 5.91 Å². The Balaban J connectivity index is 1.40. The number of nitrogens with zero attached hydrogens (tertiary/aromatic N) is 4. The second-order valence-corrected chi connectivity index (χ2v) is 7.38. The van der Waals surface area contributed by atoms with Crippen molar-refractivity contribution in [2.75, 3.05) is 18.0 Å². The predicted octanol–water partition coefficient (Wildman–Crippen LogP) is 2.38. The van der Waals surface area contributed by atoms with Crippen molar-refractivity contribution in [3.05, 3.63) is 65.8 Å². The van der Waals surface area contributed by atoms with Crippen molar-refractivity contribution < 1.29 is 18.8 Å². The van der Waals surface area contributed by atoms with Crippen LogP contribution >= 0.6 is 0 Å². The number of nitrogens with one attached hydrogen (secondary N) is 1. The van der Waals surface area contributed by atoms with E-state index in [0.717, 1.165) is 17.0 Å². The van der Waals surface area contributed by atoms with Crippen molar-refractivity contribution in [1.29, 1.82) is 0 Å². The van der Waals surface area contributed by atoms with Crippen molar-refractivity contribution in [3.63, 3.8) is 0 Å². The van der Waals surface area contributed by atoms with Gasteiger partial charge in [0, 0.05) is 38.3 Å². The first-order chi connectivity index (χ1) is 15.1. The zero-order valence-corrected chi connectivity index (χ0v) is 16.6. The van der Waals surface area contributed by atoms with E-state index in [4.69, 9.17) is 4.42 Å². The van der Waals surface area contributed by atoms with E-state index < -0.39 is 6.03 Å². The summed E-state index contributed by atoms with van der Waals surface area (Å²) in [6.07, 6.45) is 4.11. The lowest BCUT2D eigenvalue weighted by Crippen LogP contribution is -2.50. The highest BCUT2D eigenvalue weighted by Gasteiger charge is 2.31. The van der Waals surface area contributed by atoms with Gasteiger partial charge in [-0.2, -0.15) is 0 Å². The van der Waals surface area contributed by atoms with Crippen LogP contribution in [0.15, 0.2) is 53.2 Å². The van der Waals surface area contributed by atoms with Crippen LogP contribution in [0.25, 0.3) is 11.5 Å². The monoisotopic (exact) mass is 417 g/mol. The van der Waals surface area contributed by atoms with Crippen LogP contribution in [0.1, 0.15) is 28.2 Å². The van der Waals surface area contributed by atoms with E-state index in [2.05, 4.69) is 15.3 Å². The van der Waals surface area contributed by atoms with Gasteiger partial charge in [0.15, 0.2) is 0 Å². The van der Waals surface area contributed by atoms with Gasteiger partial charge in [-0.15, -0.1) is 0 Å². The van der Waals surface area contributed by atoms with Gasteiger partial charge in [-0.05, 0) is 24.3 Å². The van der Waals surface area contributed by atoms with Gasteiger partial charge in [-0.25, -0.2) is 9.78 Å². The van der Waals surface area contributed by atoms with Crippen molar-refractivity contribution in [2.45, 2.75) is 19.4 Å². The maximum atomic E-state index is 13.4. The van der Waals surface area contributed by atoms with E-state index in [-0.39, 0.29) is 24.8 Å². The van der Waals surface area contributed by atoms with Crippen LogP contribution in [0, 0.1) is 0 Å². The Bertz CT molecular complexity index is 1170. The summed E-state index contributed by atoms with van der Waals surface area (Å²) in [5, 5.41) is 2.30. The van der Waals surface area contributed by atoms with Crippen LogP contribution in [0.3, 0.4) is 0 Å². The number of pyridine rings is 1. The first-order valence-corrected chi connectivity index (χ1v) is 9.99. The molecule has 0 unspecified atom stereocenters. The summed E-state index contributed by atoms with van der Waals surface area (Å²) >= 11 is 0. The molecule has 0 radical (unpaired) electrons. The average molecular weight is 417 g/mol. The van der Waals surface area contributed by atoms with E-state index in [0.29, 0.717) is 36.7 Å². The summed E-state index contributed by atoms with van der Waals surface area (Å²) in [7, 11) is 0. The van der Waals surface area contributed by atoms with Gasteiger partial charge in [0.1, 0.15) is 11.5 Å². The lowest BCUT2D eigenvalue weighted by atomic mass is 10.1. The number of carbonyl (C=O) groups excluding carboxylic acids is 3. The fourth-order valence-electron chi connectivity index (χ4n) is 3.84. The molecule has 1 aromatic carbocycles. The number of benzene rings is 1. The summed E-state index contributed by atoms with van der Waals surface area (Å²) in [5.74, 6) is 0.744. The number of aromatic nitrogens is 2. The molecule has 0 spiro atoms. The zero-order valence-electron chi connectivity index (χ0n) is 16.6. The van der Waals surface area contributed by atoms with Gasteiger partial charge >= 0.3 is 6.03 Å². The maximum Gasteiger partial charge on any atom is 0.328 e. The minimum absolute atomic E-state index is 0.192. The highest BCUT2D eigenvalue weighted by molar-refractivity contribution is 6.09. The minimum Gasteiger partial charge on any atom is -0.441 e. The quantitative estimate of drug-likeness (QED) is 0.701. The van der Waals surface area contributed by atoms with Gasteiger partial charge in [0.05, 0.1) is 23.4 Å². The molecule has 0 saturated carbocycles. The lowest BCUT2D eigenvalue weighted by molar-refractivity contribution is -0.120. The average Bonchev–Trinajstić information content (AvgIpc) is 3.23. The maximum absolute atomic E-state index is 13.4. The lowest BCUT2D eigenvalue weighted by Gasteiger charge is -2.30. The number of rotatable bonds is 3. The van der Waals surface area contributed by atoms with Crippen molar-refractivity contribution in [1.82, 2.24) is 20.2 Å². The van der Waals surface area contributed by atoms with Crippen LogP contribution in [-0.2, 0) is 17.8 Å². The molecule has 4 amide bonds. The predicted molar refractivity (Wildman–Crippen MR) is 110 cm³/mol. The summed E-state index contributed by atoms with van der Waals surface area (Å²) in [5.41, 5.74) is 2.40. The molecule has 4 heterocycles. The number of imide groups is 1. The van der Waals surface area contributed by atoms with Crippen LogP contribution < -0.4 is 10.2 Å². The molecule has 3 aromatic rings. The normalized spacial score (nSPS) is 16.1. The molecule has 0 atom stereocenters. The Morgan fingerprint density at radius 2 is 1.94 bits per heavy atom. The second kappa shape index (κ2) is 7.67. The van der Waals surface area contributed by atoms with Gasteiger partial charge in [-0.3, -0.25) is 24.8 Å². The number of urea groups is 1. The van der Waals surface area contributed by atoms with Crippen LogP contribution in [0.5, 0.6) is 0 Å². The van der Waals surface area contributed by atoms with Gasteiger partial charge in [0.2, 0.25) is 11.8 Å². The van der Waals surface area contributed by atoms with Crippen molar-refractivity contribution >= 4 is 23.5 Å². The van der Waals surface area contributed by atoms with E-state index in [1.807, 2.05) is 12.1 Å². The minimum atomic E-state index is -0.518. The third-order valence-corrected chi connectivity index (χ3v) is 5.40. The highest BCUT2D eigenvalue weighted by atomic mass is 16.4. The fraction of sp³-hybridized carbons (Fsp3) is 0.227. The Hall–Kier alpha value is -4.01. The molecule has 0 aliphatic carbocycles. The van der Waals surface area contributed by atoms with Crippen LogP contribution in [-0.4, -0.2) is 45.8 Å². The summed E-state index contributed by atoms with van der Waals surface area (Å²) in [6.45, 7) is 1.03. The molecular formula is C22H19N5O4. The third-order valence-electron chi connectivity index (χ3n) is 5.40. The fourth-order valence-corrected chi connectivity index (χ4v) is 3.84. The number of amides is 4. The molecule has 1 saturated heterocycles. The molecule has 9 heteroatoms. The van der Waals surface area contributed by atoms with Crippen LogP contribution in [0.2, 0.25) is 0 Å². The Morgan fingerprint density at radius 1 is 1.06 bits per heavy atom. The SMILES string of the molecule is O=C1CCN(c2ccccc2C(=O)N2CCc3oc(-c4cccnc4)nc3C2)C(=O)N1. The molecule has 2 aromatic heterocycles. The summed E-state index contributed by atoms with van der Waals surface area (Å²) in [4.78, 5) is 48.9. The smallest absolute Gasteiger partial charge is 0.328 e. The highest BCUT2D eigenvalue weighted by Crippen LogP contribution is 2.29. The molecule has 0 bridgehead atoms. The molecule has 5 rings (SSSR count). The summed E-state index contributed by atoms with van der Waals surface area (Å²) in [6, 6.07) is 10.1. The number of hydrogen-bond donors (Lipinski definition) is 1. The Morgan fingerprint density at radius 3 is 2.74 bits per heavy atom. The largest absolute Gasteiger partial charge is 0.441 e. The van der Waals surface area contributed by atoms with Gasteiger partial charge in [-0.1, -0.05) is 12.1 Å². The molecule has 2 aliphatic heterocycles. The van der Waals surface area contributed by atoms with Gasteiger partial charge < -0.3 is 9.32 Å². The number of carbonyl (C=O) groups is 3. The molecule has 9 nitrogen and oxygen atoms in total. The number of oxazole rings is 1. The molecule has 2 aliphatic rings. The number of fused-ring (bicyclic) bond motifs is 1. The number of para-hydroxylation sites is 1. The number of anilines is 1. The van der Waals surface area contributed by atoms with E-state index in [9.17, 15) is 14.4 Å². The molecule has 1 N–H and O–H groups in total. The molecular weight excluding hydrogens is 398 g/mol. The first-order valence-electron chi connectivity index (χ1n) is 9.99. The zero-order chi connectivity index (χ0) is 21.4. The third kappa shape index (κ3) is 3.54. The molecule has 31 heavy (non-hydrogen) atoms. The Kier molecular flexibility index (Phi) is 4.70. The topological polar surface area (TPSA) is 109 Å². The van der Waals surface area contributed by atoms with E-state index in [1.54, 1.807) is 41.6 Å². The second-order valence-electron chi connectivity index (χ2n) is 7.38. The van der Waals surface area contributed by atoms with Crippen molar-refractivity contribution in [3.8, 4) is 11.5 Å². The Labute approximate surface area is 177 Å². The van der Waals surface area contributed by atoms with Crippen LogP contribution in [0.4, 0.5) is 10.5 Å². The van der Waals surface area contributed by atoms with E-state index >= 15 is 0 Å². The van der Waals surface area contributed by atoms with Crippen molar-refractivity contribution in [2.24, 2.45) is 0 Å². The first kappa shape index (κ1) is 19.0. The summed E-state index contributed by atoms with van der Waals surface area (Å²) < 4.78 is 5.89.